The summed E-state index contributed by atoms with van der Waals surface area (Å²) in [5.74, 6) is 0. The van der Waals surface area contributed by atoms with E-state index in [4.69, 9.17) is 0 Å². The van der Waals surface area contributed by atoms with Gasteiger partial charge in [-0.05, 0) is 31.2 Å². The van der Waals surface area contributed by atoms with Crippen LogP contribution in [0, 0.1) is 0 Å². The first-order valence-corrected chi connectivity index (χ1v) is 6.45. The Hall–Kier alpha value is -0.890. The molecule has 0 aromatic carbocycles. The van der Waals surface area contributed by atoms with E-state index in [0.717, 1.165) is 0 Å². The minimum atomic E-state index is 0.490. The highest BCUT2D eigenvalue weighted by Crippen LogP contribution is 2.19. The molecule has 1 heterocycles. The van der Waals surface area contributed by atoms with Gasteiger partial charge in [0.25, 0.3) is 0 Å². The van der Waals surface area contributed by atoms with Crippen LogP contribution in [0.25, 0.3) is 0 Å². The van der Waals surface area contributed by atoms with Crippen molar-refractivity contribution in [2.45, 2.75) is 51.5 Å². The van der Waals surface area contributed by atoms with Crippen molar-refractivity contribution in [1.29, 1.82) is 0 Å². The average molecular weight is 220 g/mol. The summed E-state index contributed by atoms with van der Waals surface area (Å²) in [6.07, 6.45) is 11.7. The molecule has 0 aliphatic rings. The summed E-state index contributed by atoms with van der Waals surface area (Å²) in [7, 11) is 2.04. The highest BCUT2D eigenvalue weighted by Gasteiger charge is 2.07. The van der Waals surface area contributed by atoms with Crippen molar-refractivity contribution in [3.05, 3.63) is 30.1 Å². The predicted octanol–water partition coefficient (Wildman–Crippen LogP) is 3.70. The maximum atomic E-state index is 4.06. The Morgan fingerprint density at radius 2 is 1.81 bits per heavy atom. The van der Waals surface area contributed by atoms with Crippen LogP contribution >= 0.6 is 0 Å². The second kappa shape index (κ2) is 8.28. The molecule has 0 saturated heterocycles. The predicted molar refractivity (Wildman–Crippen MR) is 69.4 cm³/mol. The second-order valence-electron chi connectivity index (χ2n) is 4.32. The van der Waals surface area contributed by atoms with Crippen molar-refractivity contribution >= 4 is 0 Å². The SMILES string of the molecule is CCCCCCCC(NC)c1ccncc1. The lowest BCUT2D eigenvalue weighted by Crippen LogP contribution is -2.16. The van der Waals surface area contributed by atoms with Gasteiger partial charge >= 0.3 is 0 Å². The molecule has 1 aromatic rings. The first kappa shape index (κ1) is 13.2. The first-order valence-electron chi connectivity index (χ1n) is 6.45. The van der Waals surface area contributed by atoms with Crippen LogP contribution in [-0.2, 0) is 0 Å². The Kier molecular flexibility index (Phi) is 6.82. The number of rotatable bonds is 8. The van der Waals surface area contributed by atoms with E-state index >= 15 is 0 Å². The van der Waals surface area contributed by atoms with Crippen LogP contribution in [0.1, 0.15) is 57.1 Å². The third-order valence-corrected chi connectivity index (χ3v) is 3.05. The zero-order valence-corrected chi connectivity index (χ0v) is 10.6. The Labute approximate surface area is 99.5 Å². The van der Waals surface area contributed by atoms with E-state index in [1.807, 2.05) is 19.4 Å². The van der Waals surface area contributed by atoms with Gasteiger partial charge in [-0.15, -0.1) is 0 Å². The third-order valence-electron chi connectivity index (χ3n) is 3.05. The molecule has 0 aliphatic carbocycles. The smallest absolute Gasteiger partial charge is 0.0318 e. The summed E-state index contributed by atoms with van der Waals surface area (Å²) in [6, 6.07) is 4.70. The molecule has 1 unspecified atom stereocenters. The van der Waals surface area contributed by atoms with Gasteiger partial charge in [0.2, 0.25) is 0 Å². The van der Waals surface area contributed by atoms with Crippen LogP contribution in [0.3, 0.4) is 0 Å². The summed E-state index contributed by atoms with van der Waals surface area (Å²) < 4.78 is 0. The number of pyridine rings is 1. The van der Waals surface area contributed by atoms with Crippen molar-refractivity contribution in [2.75, 3.05) is 7.05 Å². The lowest BCUT2D eigenvalue weighted by molar-refractivity contribution is 0.500. The van der Waals surface area contributed by atoms with Gasteiger partial charge < -0.3 is 5.32 Å². The molecule has 16 heavy (non-hydrogen) atoms. The molecule has 0 bridgehead atoms. The van der Waals surface area contributed by atoms with Crippen LogP contribution in [0.4, 0.5) is 0 Å². The Morgan fingerprint density at radius 3 is 2.44 bits per heavy atom. The molecule has 0 saturated carbocycles. The molecular weight excluding hydrogens is 196 g/mol. The Balaban J connectivity index is 2.27. The lowest BCUT2D eigenvalue weighted by Gasteiger charge is -2.16. The molecule has 0 amide bonds. The van der Waals surface area contributed by atoms with Gasteiger partial charge in [0.1, 0.15) is 0 Å². The Morgan fingerprint density at radius 1 is 1.12 bits per heavy atom. The van der Waals surface area contributed by atoms with Gasteiger partial charge in [-0.3, -0.25) is 4.98 Å². The quantitative estimate of drug-likeness (QED) is 0.676. The van der Waals surface area contributed by atoms with Crippen LogP contribution < -0.4 is 5.32 Å². The van der Waals surface area contributed by atoms with E-state index in [2.05, 4.69) is 29.4 Å². The molecule has 2 heteroatoms. The van der Waals surface area contributed by atoms with Crippen molar-refractivity contribution < 1.29 is 0 Å². The molecule has 0 aliphatic heterocycles. The number of nitrogens with zero attached hydrogens (tertiary/aromatic N) is 1. The number of hydrogen-bond acceptors (Lipinski definition) is 2. The molecule has 1 N–H and O–H groups in total. The number of aromatic nitrogens is 1. The minimum Gasteiger partial charge on any atom is -0.313 e. The molecule has 90 valence electrons. The highest BCUT2D eigenvalue weighted by molar-refractivity contribution is 5.14. The van der Waals surface area contributed by atoms with E-state index in [9.17, 15) is 0 Å². The second-order valence-corrected chi connectivity index (χ2v) is 4.32. The summed E-state index contributed by atoms with van der Waals surface area (Å²) in [5.41, 5.74) is 1.35. The standard InChI is InChI=1S/C14H24N2/c1-3-4-5-6-7-8-14(15-2)13-9-11-16-12-10-13/h9-12,14-15H,3-8H2,1-2H3. The summed E-state index contributed by atoms with van der Waals surface area (Å²) in [4.78, 5) is 4.06. The zero-order valence-electron chi connectivity index (χ0n) is 10.6. The van der Waals surface area contributed by atoms with Crippen LogP contribution in [0.15, 0.2) is 24.5 Å². The number of nitrogens with one attached hydrogen (secondary N) is 1. The number of unbranched alkanes of at least 4 members (excludes halogenated alkanes) is 4. The van der Waals surface area contributed by atoms with Gasteiger partial charge in [-0.2, -0.15) is 0 Å². The molecule has 1 rings (SSSR count). The van der Waals surface area contributed by atoms with Gasteiger partial charge in [0.05, 0.1) is 0 Å². The molecule has 1 aromatic heterocycles. The molecule has 2 nitrogen and oxygen atoms in total. The normalized spacial score (nSPS) is 12.6. The van der Waals surface area contributed by atoms with Gasteiger partial charge in [0.15, 0.2) is 0 Å². The van der Waals surface area contributed by atoms with E-state index in [0.29, 0.717) is 6.04 Å². The zero-order chi connectivity index (χ0) is 11.6. The molecule has 0 radical (unpaired) electrons. The van der Waals surface area contributed by atoms with Gasteiger partial charge in [-0.25, -0.2) is 0 Å². The van der Waals surface area contributed by atoms with Crippen LogP contribution in [0.5, 0.6) is 0 Å². The van der Waals surface area contributed by atoms with Gasteiger partial charge in [-0.1, -0.05) is 39.0 Å². The van der Waals surface area contributed by atoms with Crippen LogP contribution in [0.2, 0.25) is 0 Å². The lowest BCUT2D eigenvalue weighted by atomic mass is 10.0. The largest absolute Gasteiger partial charge is 0.313 e. The van der Waals surface area contributed by atoms with Crippen molar-refractivity contribution in [2.24, 2.45) is 0 Å². The first-order chi connectivity index (χ1) is 7.88. The van der Waals surface area contributed by atoms with Crippen LogP contribution in [-0.4, -0.2) is 12.0 Å². The van der Waals surface area contributed by atoms with E-state index in [1.54, 1.807) is 0 Å². The Bertz CT molecular complexity index is 259. The number of hydrogen-bond donors (Lipinski definition) is 1. The van der Waals surface area contributed by atoms with Crippen molar-refractivity contribution in [1.82, 2.24) is 10.3 Å². The summed E-state index contributed by atoms with van der Waals surface area (Å²) >= 11 is 0. The highest BCUT2D eigenvalue weighted by atomic mass is 14.9. The fraction of sp³-hybridized carbons (Fsp3) is 0.643. The van der Waals surface area contributed by atoms with Crippen molar-refractivity contribution in [3.63, 3.8) is 0 Å². The van der Waals surface area contributed by atoms with Gasteiger partial charge in [0, 0.05) is 18.4 Å². The van der Waals surface area contributed by atoms with E-state index in [-0.39, 0.29) is 0 Å². The van der Waals surface area contributed by atoms with E-state index in [1.165, 1.54) is 44.1 Å². The molecule has 0 fully saturated rings. The maximum absolute atomic E-state index is 4.06. The third kappa shape index (κ3) is 4.75. The summed E-state index contributed by atoms with van der Waals surface area (Å²) in [5, 5.41) is 3.38. The molecular formula is C14H24N2. The topological polar surface area (TPSA) is 24.9 Å². The molecule has 0 spiro atoms. The summed E-state index contributed by atoms with van der Waals surface area (Å²) in [6.45, 7) is 2.26. The fourth-order valence-corrected chi connectivity index (χ4v) is 2.03. The average Bonchev–Trinajstić information content (AvgIpc) is 2.35. The fourth-order valence-electron chi connectivity index (χ4n) is 2.03. The minimum absolute atomic E-state index is 0.490. The van der Waals surface area contributed by atoms with Crippen molar-refractivity contribution in [3.8, 4) is 0 Å². The molecule has 1 atom stereocenters. The monoisotopic (exact) mass is 220 g/mol. The van der Waals surface area contributed by atoms with E-state index < -0.39 is 0 Å². The maximum Gasteiger partial charge on any atom is 0.0318 e.